The summed E-state index contributed by atoms with van der Waals surface area (Å²) < 4.78 is 5.08. The summed E-state index contributed by atoms with van der Waals surface area (Å²) >= 11 is 4.88. The second-order valence-corrected chi connectivity index (χ2v) is 2.55. The highest BCUT2D eigenvalue weighted by atomic mass is 32.1. The molecule has 1 fully saturated rings. The topological polar surface area (TPSA) is 12.5 Å². The standard InChI is InChI=1S/C7H9NOS/c1-3-6-4-5-9-7(10)8(6)2/h1,6H,4-5H2,2H3. The van der Waals surface area contributed by atoms with Gasteiger partial charge >= 0.3 is 0 Å². The van der Waals surface area contributed by atoms with E-state index in [1.165, 1.54) is 0 Å². The zero-order chi connectivity index (χ0) is 7.56. The Morgan fingerprint density at radius 2 is 2.60 bits per heavy atom. The monoisotopic (exact) mass is 155 g/mol. The van der Waals surface area contributed by atoms with Crippen LogP contribution in [-0.2, 0) is 4.74 Å². The van der Waals surface area contributed by atoms with E-state index < -0.39 is 0 Å². The Kier molecular flexibility index (Phi) is 2.13. The fourth-order valence-electron chi connectivity index (χ4n) is 0.876. The summed E-state index contributed by atoms with van der Waals surface area (Å²) in [6.07, 6.45) is 6.12. The minimum atomic E-state index is 0.126. The summed E-state index contributed by atoms with van der Waals surface area (Å²) in [4.78, 5) is 1.80. The summed E-state index contributed by atoms with van der Waals surface area (Å²) in [5, 5.41) is 0.509. The SMILES string of the molecule is C#CC1CCOC(=S)N1C. The maximum atomic E-state index is 5.25. The summed E-state index contributed by atoms with van der Waals surface area (Å²) in [7, 11) is 1.85. The molecule has 0 aromatic heterocycles. The van der Waals surface area contributed by atoms with E-state index in [-0.39, 0.29) is 6.04 Å². The van der Waals surface area contributed by atoms with Gasteiger partial charge in [-0.15, -0.1) is 6.42 Å². The quantitative estimate of drug-likeness (QED) is 0.376. The van der Waals surface area contributed by atoms with E-state index in [0.717, 1.165) is 6.42 Å². The molecule has 1 aliphatic rings. The average Bonchev–Trinajstić information content (AvgIpc) is 1.95. The normalized spacial score (nSPS) is 25.4. The van der Waals surface area contributed by atoms with Gasteiger partial charge in [0.25, 0.3) is 5.17 Å². The van der Waals surface area contributed by atoms with E-state index in [4.69, 9.17) is 23.4 Å². The molecule has 0 aromatic rings. The predicted molar refractivity (Wildman–Crippen MR) is 43.6 cm³/mol. The summed E-state index contributed by atoms with van der Waals surface area (Å²) in [5.74, 6) is 2.64. The van der Waals surface area contributed by atoms with Crippen LogP contribution in [0.3, 0.4) is 0 Å². The molecular formula is C7H9NOS. The van der Waals surface area contributed by atoms with Crippen molar-refractivity contribution in [1.82, 2.24) is 4.90 Å². The van der Waals surface area contributed by atoms with Gasteiger partial charge in [0, 0.05) is 13.5 Å². The molecule has 1 atom stereocenters. The first-order valence-electron chi connectivity index (χ1n) is 3.11. The third-order valence-electron chi connectivity index (χ3n) is 1.56. The van der Waals surface area contributed by atoms with Crippen LogP contribution in [-0.4, -0.2) is 29.8 Å². The molecule has 0 radical (unpaired) electrons. The van der Waals surface area contributed by atoms with Gasteiger partial charge in [-0.05, 0) is 12.2 Å². The predicted octanol–water partition coefficient (Wildman–Crippen LogP) is 0.625. The average molecular weight is 155 g/mol. The fourth-order valence-corrected chi connectivity index (χ4v) is 1.09. The van der Waals surface area contributed by atoms with Gasteiger partial charge in [0.2, 0.25) is 0 Å². The van der Waals surface area contributed by atoms with Gasteiger partial charge in [0.1, 0.15) is 0 Å². The molecule has 0 spiro atoms. The Balaban J connectivity index is 2.61. The second-order valence-electron chi connectivity index (χ2n) is 2.20. The van der Waals surface area contributed by atoms with Crippen LogP contribution in [0.1, 0.15) is 6.42 Å². The van der Waals surface area contributed by atoms with Crippen LogP contribution in [0.4, 0.5) is 0 Å². The molecule has 1 aliphatic heterocycles. The van der Waals surface area contributed by atoms with Crippen LogP contribution >= 0.6 is 12.2 Å². The third-order valence-corrected chi connectivity index (χ3v) is 1.97. The van der Waals surface area contributed by atoms with Crippen molar-refractivity contribution in [2.45, 2.75) is 12.5 Å². The number of thiocarbonyl (C=S) groups is 1. The van der Waals surface area contributed by atoms with Crippen LogP contribution in [0, 0.1) is 12.3 Å². The molecule has 54 valence electrons. The first-order chi connectivity index (χ1) is 4.75. The zero-order valence-corrected chi connectivity index (χ0v) is 6.65. The molecule has 3 heteroatoms. The van der Waals surface area contributed by atoms with Crippen LogP contribution in [0.15, 0.2) is 0 Å². The smallest absolute Gasteiger partial charge is 0.260 e. The van der Waals surface area contributed by atoms with Gasteiger partial charge in [-0.25, -0.2) is 0 Å². The Hall–Kier alpha value is -0.750. The van der Waals surface area contributed by atoms with Crippen molar-refractivity contribution in [3.8, 4) is 12.3 Å². The van der Waals surface area contributed by atoms with Gasteiger partial charge in [0.05, 0.1) is 12.6 Å². The lowest BCUT2D eigenvalue weighted by atomic mass is 10.2. The van der Waals surface area contributed by atoms with Gasteiger partial charge in [-0.1, -0.05) is 5.92 Å². The van der Waals surface area contributed by atoms with Crippen molar-refractivity contribution in [3.63, 3.8) is 0 Å². The van der Waals surface area contributed by atoms with E-state index in [0.29, 0.717) is 11.8 Å². The summed E-state index contributed by atoms with van der Waals surface area (Å²) in [5.41, 5.74) is 0. The van der Waals surface area contributed by atoms with Crippen LogP contribution in [0.25, 0.3) is 0 Å². The van der Waals surface area contributed by atoms with Crippen LogP contribution in [0.5, 0.6) is 0 Å². The molecule has 1 heterocycles. The first-order valence-corrected chi connectivity index (χ1v) is 3.52. The lowest BCUT2D eigenvalue weighted by Crippen LogP contribution is -2.41. The molecular weight excluding hydrogens is 146 g/mol. The van der Waals surface area contributed by atoms with E-state index in [2.05, 4.69) is 5.92 Å². The van der Waals surface area contributed by atoms with Gasteiger partial charge in [-0.2, -0.15) is 0 Å². The van der Waals surface area contributed by atoms with Crippen molar-refractivity contribution >= 4 is 17.4 Å². The Morgan fingerprint density at radius 1 is 1.90 bits per heavy atom. The molecule has 2 nitrogen and oxygen atoms in total. The fraction of sp³-hybridized carbons (Fsp3) is 0.571. The number of hydrogen-bond acceptors (Lipinski definition) is 2. The number of ether oxygens (including phenoxy) is 1. The third kappa shape index (κ3) is 1.22. The Bertz CT molecular complexity index is 185. The molecule has 1 unspecified atom stereocenters. The molecule has 0 aliphatic carbocycles. The molecule has 1 rings (SSSR count). The lowest BCUT2D eigenvalue weighted by Gasteiger charge is -2.30. The van der Waals surface area contributed by atoms with Crippen molar-refractivity contribution < 1.29 is 4.74 Å². The first kappa shape index (κ1) is 7.36. The number of terminal acetylenes is 1. The van der Waals surface area contributed by atoms with E-state index in [1.807, 2.05) is 7.05 Å². The lowest BCUT2D eigenvalue weighted by molar-refractivity contribution is 0.177. The van der Waals surface area contributed by atoms with Crippen molar-refractivity contribution in [3.05, 3.63) is 0 Å². The van der Waals surface area contributed by atoms with Crippen molar-refractivity contribution in [1.29, 1.82) is 0 Å². The summed E-state index contributed by atoms with van der Waals surface area (Å²) in [6, 6.07) is 0.126. The van der Waals surface area contributed by atoms with Crippen LogP contribution in [0.2, 0.25) is 0 Å². The minimum absolute atomic E-state index is 0.126. The Labute approximate surface area is 66.2 Å². The minimum Gasteiger partial charge on any atom is -0.471 e. The highest BCUT2D eigenvalue weighted by Gasteiger charge is 2.20. The molecule has 0 N–H and O–H groups in total. The highest BCUT2D eigenvalue weighted by molar-refractivity contribution is 7.80. The largest absolute Gasteiger partial charge is 0.471 e. The summed E-state index contributed by atoms with van der Waals surface area (Å²) in [6.45, 7) is 0.651. The maximum Gasteiger partial charge on any atom is 0.260 e. The zero-order valence-electron chi connectivity index (χ0n) is 5.83. The van der Waals surface area contributed by atoms with E-state index in [9.17, 15) is 0 Å². The number of rotatable bonds is 0. The number of nitrogens with zero attached hydrogens (tertiary/aromatic N) is 1. The maximum absolute atomic E-state index is 5.25. The van der Waals surface area contributed by atoms with E-state index in [1.54, 1.807) is 4.90 Å². The Morgan fingerprint density at radius 3 is 3.10 bits per heavy atom. The molecule has 0 saturated carbocycles. The van der Waals surface area contributed by atoms with Crippen molar-refractivity contribution in [2.75, 3.05) is 13.7 Å². The van der Waals surface area contributed by atoms with E-state index >= 15 is 0 Å². The highest BCUT2D eigenvalue weighted by Crippen LogP contribution is 2.09. The number of hydrogen-bond donors (Lipinski definition) is 0. The van der Waals surface area contributed by atoms with Gasteiger partial charge in [0.15, 0.2) is 0 Å². The van der Waals surface area contributed by atoms with Gasteiger partial charge in [-0.3, -0.25) is 0 Å². The second kappa shape index (κ2) is 2.89. The molecule has 0 bridgehead atoms. The molecule has 10 heavy (non-hydrogen) atoms. The molecule has 0 aromatic carbocycles. The van der Waals surface area contributed by atoms with Crippen molar-refractivity contribution in [2.24, 2.45) is 0 Å². The van der Waals surface area contributed by atoms with Gasteiger partial charge < -0.3 is 9.64 Å². The van der Waals surface area contributed by atoms with Crippen LogP contribution < -0.4 is 0 Å². The molecule has 1 saturated heterocycles. The molecule has 0 amide bonds.